The van der Waals surface area contributed by atoms with Crippen LogP contribution >= 0.6 is 11.6 Å². The van der Waals surface area contributed by atoms with Gasteiger partial charge >= 0.3 is 0 Å². The highest BCUT2D eigenvalue weighted by Crippen LogP contribution is 2.15. The van der Waals surface area contributed by atoms with Gasteiger partial charge in [-0.15, -0.1) is 0 Å². The van der Waals surface area contributed by atoms with Crippen LogP contribution in [0.1, 0.15) is 11.3 Å². The molecule has 0 bridgehead atoms. The van der Waals surface area contributed by atoms with Crippen LogP contribution in [0.3, 0.4) is 0 Å². The van der Waals surface area contributed by atoms with E-state index in [1.807, 2.05) is 31.2 Å². The van der Waals surface area contributed by atoms with Gasteiger partial charge in [0, 0.05) is 23.8 Å². The van der Waals surface area contributed by atoms with Crippen LogP contribution in [0.15, 0.2) is 47.1 Å². The number of nitrogens with one attached hydrogen (secondary N) is 2. The minimum absolute atomic E-state index is 0.528. The number of hydrogen-bond donors (Lipinski definition) is 2. The Morgan fingerprint density at radius 3 is 2.68 bits per heavy atom. The number of aryl methyl sites for hydroxylation is 1. The molecule has 0 saturated heterocycles. The van der Waals surface area contributed by atoms with E-state index in [4.69, 9.17) is 16.1 Å². The maximum Gasteiger partial charge on any atom is 0.224 e. The molecule has 2 heterocycles. The predicted octanol–water partition coefficient (Wildman–Crippen LogP) is 3.78. The Morgan fingerprint density at radius 1 is 1.14 bits per heavy atom. The van der Waals surface area contributed by atoms with Gasteiger partial charge in [-0.25, -0.2) is 4.98 Å². The van der Waals surface area contributed by atoms with E-state index in [2.05, 4.69) is 25.8 Å². The number of benzene rings is 1. The van der Waals surface area contributed by atoms with Crippen molar-refractivity contribution in [1.82, 2.24) is 15.1 Å². The number of halogens is 1. The average molecular weight is 316 g/mol. The average Bonchev–Trinajstić information content (AvgIpc) is 2.92. The zero-order chi connectivity index (χ0) is 15.4. The zero-order valence-corrected chi connectivity index (χ0v) is 12.6. The third kappa shape index (κ3) is 3.73. The first kappa shape index (κ1) is 14.3. The molecule has 1 aromatic carbocycles. The van der Waals surface area contributed by atoms with Crippen LogP contribution in [0.25, 0.3) is 0 Å². The van der Waals surface area contributed by atoms with Gasteiger partial charge in [0.25, 0.3) is 0 Å². The molecule has 0 aliphatic carbocycles. The third-order valence-electron chi connectivity index (χ3n) is 2.90. The first-order valence-electron chi connectivity index (χ1n) is 6.71. The number of anilines is 3. The molecule has 3 rings (SSSR count). The minimum atomic E-state index is 0.528. The van der Waals surface area contributed by atoms with Crippen molar-refractivity contribution >= 4 is 29.2 Å². The van der Waals surface area contributed by atoms with Crippen molar-refractivity contribution in [2.75, 3.05) is 10.6 Å². The first-order chi connectivity index (χ1) is 10.7. The fourth-order valence-corrected chi connectivity index (χ4v) is 1.98. The Balaban J connectivity index is 1.64. The summed E-state index contributed by atoms with van der Waals surface area (Å²) in [5.74, 6) is 2.51. The van der Waals surface area contributed by atoms with E-state index < -0.39 is 0 Å². The molecule has 0 unspecified atom stereocenters. The summed E-state index contributed by atoms with van der Waals surface area (Å²) < 4.78 is 5.00. The Hall–Kier alpha value is -2.60. The Morgan fingerprint density at radius 2 is 1.95 bits per heavy atom. The van der Waals surface area contributed by atoms with E-state index in [1.165, 1.54) is 0 Å². The SMILES string of the molecule is Cc1cc(Nc2ccnc(NCc3ccc(Cl)cc3)n2)no1. The van der Waals surface area contributed by atoms with Crippen LogP contribution in [-0.4, -0.2) is 15.1 Å². The fraction of sp³-hybridized carbons (Fsp3) is 0.133. The molecule has 0 fully saturated rings. The molecule has 112 valence electrons. The number of nitrogens with zero attached hydrogens (tertiary/aromatic N) is 3. The van der Waals surface area contributed by atoms with E-state index >= 15 is 0 Å². The molecule has 22 heavy (non-hydrogen) atoms. The van der Waals surface area contributed by atoms with E-state index in [9.17, 15) is 0 Å². The van der Waals surface area contributed by atoms with Crippen molar-refractivity contribution in [2.24, 2.45) is 0 Å². The lowest BCUT2D eigenvalue weighted by Crippen LogP contribution is -2.04. The smallest absolute Gasteiger partial charge is 0.224 e. The molecule has 3 aromatic rings. The molecule has 0 aliphatic rings. The van der Waals surface area contributed by atoms with Crippen LogP contribution in [0.2, 0.25) is 5.02 Å². The van der Waals surface area contributed by atoms with Crippen LogP contribution in [0, 0.1) is 6.92 Å². The summed E-state index contributed by atoms with van der Waals surface area (Å²) in [4.78, 5) is 8.56. The van der Waals surface area contributed by atoms with Crippen molar-refractivity contribution < 1.29 is 4.52 Å². The highest BCUT2D eigenvalue weighted by molar-refractivity contribution is 6.30. The molecule has 7 heteroatoms. The second kappa shape index (κ2) is 6.44. The molecule has 0 spiro atoms. The van der Waals surface area contributed by atoms with E-state index in [0.29, 0.717) is 29.2 Å². The molecule has 0 amide bonds. The maximum absolute atomic E-state index is 5.86. The second-order valence-corrected chi connectivity index (χ2v) is 5.13. The maximum atomic E-state index is 5.86. The number of hydrogen-bond acceptors (Lipinski definition) is 6. The van der Waals surface area contributed by atoms with Crippen molar-refractivity contribution in [3.05, 3.63) is 58.9 Å². The lowest BCUT2D eigenvalue weighted by Gasteiger charge is -2.07. The third-order valence-corrected chi connectivity index (χ3v) is 3.16. The van der Waals surface area contributed by atoms with Crippen molar-refractivity contribution in [1.29, 1.82) is 0 Å². The lowest BCUT2D eigenvalue weighted by molar-refractivity contribution is 0.400. The van der Waals surface area contributed by atoms with Crippen LogP contribution in [0.5, 0.6) is 0 Å². The van der Waals surface area contributed by atoms with Gasteiger partial charge in [-0.05, 0) is 30.7 Å². The van der Waals surface area contributed by atoms with Crippen LogP contribution < -0.4 is 10.6 Å². The molecule has 0 atom stereocenters. The summed E-state index contributed by atoms with van der Waals surface area (Å²) in [5, 5.41) is 10.8. The summed E-state index contributed by atoms with van der Waals surface area (Å²) in [7, 11) is 0. The van der Waals surface area contributed by atoms with Crippen LogP contribution in [0.4, 0.5) is 17.6 Å². The van der Waals surface area contributed by atoms with Crippen molar-refractivity contribution in [3.8, 4) is 0 Å². The number of aromatic nitrogens is 3. The van der Waals surface area contributed by atoms with Gasteiger partial charge in [-0.1, -0.05) is 28.9 Å². The molecular formula is C15H14ClN5O. The largest absolute Gasteiger partial charge is 0.360 e. The van der Waals surface area contributed by atoms with E-state index in [0.717, 1.165) is 11.3 Å². The minimum Gasteiger partial charge on any atom is -0.360 e. The summed E-state index contributed by atoms with van der Waals surface area (Å²) >= 11 is 5.86. The topological polar surface area (TPSA) is 75.9 Å². The standard InChI is InChI=1S/C15H14ClN5O/c1-10-8-14(21-22-10)19-13-6-7-17-15(20-13)18-9-11-2-4-12(16)5-3-11/h2-8H,9H2,1H3,(H2,17,18,19,20,21). The van der Waals surface area contributed by atoms with Gasteiger partial charge < -0.3 is 15.2 Å². The summed E-state index contributed by atoms with van der Waals surface area (Å²) in [6.45, 7) is 2.45. The summed E-state index contributed by atoms with van der Waals surface area (Å²) in [6.07, 6.45) is 1.67. The van der Waals surface area contributed by atoms with E-state index in [-0.39, 0.29) is 0 Å². The Labute approximate surface area is 132 Å². The molecule has 2 aromatic heterocycles. The van der Waals surface area contributed by atoms with Gasteiger partial charge in [0.1, 0.15) is 11.6 Å². The second-order valence-electron chi connectivity index (χ2n) is 4.69. The van der Waals surface area contributed by atoms with Gasteiger partial charge in [0.05, 0.1) is 0 Å². The monoisotopic (exact) mass is 315 g/mol. The molecule has 6 nitrogen and oxygen atoms in total. The predicted molar refractivity (Wildman–Crippen MR) is 85.3 cm³/mol. The Kier molecular flexibility index (Phi) is 4.20. The van der Waals surface area contributed by atoms with Crippen molar-refractivity contribution in [3.63, 3.8) is 0 Å². The normalized spacial score (nSPS) is 10.5. The quantitative estimate of drug-likeness (QED) is 0.746. The number of rotatable bonds is 5. The summed E-state index contributed by atoms with van der Waals surface area (Å²) in [6, 6.07) is 11.2. The highest BCUT2D eigenvalue weighted by Gasteiger charge is 2.03. The van der Waals surface area contributed by atoms with Gasteiger partial charge in [0.2, 0.25) is 5.95 Å². The molecule has 2 N–H and O–H groups in total. The molecular weight excluding hydrogens is 302 g/mol. The molecule has 0 radical (unpaired) electrons. The zero-order valence-electron chi connectivity index (χ0n) is 11.9. The molecule has 0 saturated carbocycles. The highest BCUT2D eigenvalue weighted by atomic mass is 35.5. The van der Waals surface area contributed by atoms with Crippen LogP contribution in [-0.2, 0) is 6.54 Å². The summed E-state index contributed by atoms with van der Waals surface area (Å²) in [5.41, 5.74) is 1.10. The molecule has 0 aliphatic heterocycles. The van der Waals surface area contributed by atoms with Crippen molar-refractivity contribution in [2.45, 2.75) is 13.5 Å². The van der Waals surface area contributed by atoms with Gasteiger partial charge in [-0.2, -0.15) is 4.98 Å². The van der Waals surface area contributed by atoms with Gasteiger partial charge in [-0.3, -0.25) is 0 Å². The Bertz CT molecular complexity index is 757. The van der Waals surface area contributed by atoms with E-state index in [1.54, 1.807) is 18.3 Å². The lowest BCUT2D eigenvalue weighted by atomic mass is 10.2. The first-order valence-corrected chi connectivity index (χ1v) is 7.08. The fourth-order valence-electron chi connectivity index (χ4n) is 1.85. The van der Waals surface area contributed by atoms with Gasteiger partial charge in [0.15, 0.2) is 5.82 Å².